The molecule has 9 heteroatoms. The molecule has 0 radical (unpaired) electrons. The predicted octanol–water partition coefficient (Wildman–Crippen LogP) is 3.62. The van der Waals surface area contributed by atoms with Crippen molar-refractivity contribution >= 4 is 62.2 Å². The van der Waals surface area contributed by atoms with Gasteiger partial charge in [0.15, 0.2) is 11.5 Å². The van der Waals surface area contributed by atoms with Gasteiger partial charge in [-0.3, -0.25) is 14.5 Å². The van der Waals surface area contributed by atoms with Crippen molar-refractivity contribution in [3.8, 4) is 11.5 Å². The second kappa shape index (κ2) is 8.68. The van der Waals surface area contributed by atoms with E-state index in [1.54, 1.807) is 18.2 Å². The number of rotatable bonds is 7. The maximum Gasteiger partial charge on any atom is 0.303 e. The first-order valence-electron chi connectivity index (χ1n) is 7.46. The van der Waals surface area contributed by atoms with Crippen LogP contribution in [0.25, 0.3) is 6.08 Å². The number of carboxylic acids is 1. The van der Waals surface area contributed by atoms with Crippen LogP contribution in [0.5, 0.6) is 11.5 Å². The lowest BCUT2D eigenvalue weighted by atomic mass is 10.2. The van der Waals surface area contributed by atoms with Crippen molar-refractivity contribution in [3.05, 3.63) is 27.1 Å². The molecule has 1 amide bonds. The molecule has 1 saturated heterocycles. The van der Waals surface area contributed by atoms with E-state index in [4.69, 9.17) is 22.1 Å². The number of carboxylic acid groups (broad SMARTS) is 1. The zero-order valence-corrected chi connectivity index (χ0v) is 16.5. The number of phenolic OH excluding ortho intramolecular Hbond substituents is 1. The number of phenols is 1. The van der Waals surface area contributed by atoms with E-state index in [1.807, 2.05) is 6.92 Å². The highest BCUT2D eigenvalue weighted by Gasteiger charge is 2.31. The molecule has 2 N–H and O–H groups in total. The first-order valence-corrected chi connectivity index (χ1v) is 9.47. The molecule has 6 nitrogen and oxygen atoms in total. The molecule has 0 atom stereocenters. The van der Waals surface area contributed by atoms with Crippen LogP contribution in [0.1, 0.15) is 25.3 Å². The van der Waals surface area contributed by atoms with Gasteiger partial charge in [-0.05, 0) is 53.0 Å². The Balaban J connectivity index is 2.20. The molecule has 1 aliphatic heterocycles. The number of carbonyl (C=O) groups is 2. The summed E-state index contributed by atoms with van der Waals surface area (Å²) in [4.78, 5) is 24.9. The van der Waals surface area contributed by atoms with Gasteiger partial charge in [-0.1, -0.05) is 24.0 Å². The van der Waals surface area contributed by atoms with Crippen LogP contribution >= 0.6 is 39.9 Å². The van der Waals surface area contributed by atoms with Crippen LogP contribution in [0, 0.1) is 0 Å². The number of thiocarbonyl (C=S) groups is 1. The fraction of sp³-hybridized carbons (Fsp3) is 0.312. The van der Waals surface area contributed by atoms with E-state index in [0.29, 0.717) is 38.0 Å². The summed E-state index contributed by atoms with van der Waals surface area (Å²) in [7, 11) is 0. The molecule has 0 aromatic heterocycles. The van der Waals surface area contributed by atoms with Crippen LogP contribution in [0.4, 0.5) is 0 Å². The quantitative estimate of drug-likeness (QED) is 0.489. The highest BCUT2D eigenvalue weighted by atomic mass is 79.9. The van der Waals surface area contributed by atoms with Gasteiger partial charge in [0.25, 0.3) is 5.91 Å². The fourth-order valence-electron chi connectivity index (χ4n) is 2.18. The van der Waals surface area contributed by atoms with Crippen molar-refractivity contribution in [2.24, 2.45) is 0 Å². The van der Waals surface area contributed by atoms with Crippen LogP contribution in [0.3, 0.4) is 0 Å². The Kier molecular flexibility index (Phi) is 6.86. The molecule has 0 unspecified atom stereocenters. The molecular weight excluding hydrogens is 430 g/mol. The molecule has 1 heterocycles. The summed E-state index contributed by atoms with van der Waals surface area (Å²) in [6.07, 6.45) is 2.00. The molecule has 0 bridgehead atoms. The first kappa shape index (κ1) is 19.7. The highest BCUT2D eigenvalue weighted by molar-refractivity contribution is 9.10. The number of benzene rings is 1. The van der Waals surface area contributed by atoms with E-state index in [-0.39, 0.29) is 24.6 Å². The zero-order valence-electron chi connectivity index (χ0n) is 13.3. The van der Waals surface area contributed by atoms with Gasteiger partial charge in [-0.2, -0.15) is 0 Å². The van der Waals surface area contributed by atoms with Crippen molar-refractivity contribution in [1.82, 2.24) is 4.90 Å². The maximum absolute atomic E-state index is 12.5. The van der Waals surface area contributed by atoms with Crippen molar-refractivity contribution in [3.63, 3.8) is 0 Å². The number of halogens is 1. The smallest absolute Gasteiger partial charge is 0.303 e. The predicted molar refractivity (Wildman–Crippen MR) is 104 cm³/mol. The Labute approximate surface area is 163 Å². The summed E-state index contributed by atoms with van der Waals surface area (Å²) in [6.45, 7) is 2.48. The number of nitrogens with zero attached hydrogens (tertiary/aromatic N) is 1. The molecule has 25 heavy (non-hydrogen) atoms. The molecule has 134 valence electrons. The molecule has 1 aliphatic rings. The Bertz CT molecular complexity index is 750. The molecule has 0 aliphatic carbocycles. The number of hydrogen-bond donors (Lipinski definition) is 2. The van der Waals surface area contributed by atoms with E-state index < -0.39 is 5.97 Å². The summed E-state index contributed by atoms with van der Waals surface area (Å²) in [6, 6.07) is 3.31. The summed E-state index contributed by atoms with van der Waals surface area (Å²) >= 11 is 9.64. The van der Waals surface area contributed by atoms with Gasteiger partial charge in [0, 0.05) is 13.0 Å². The van der Waals surface area contributed by atoms with Gasteiger partial charge in [0.1, 0.15) is 4.32 Å². The van der Waals surface area contributed by atoms with Crippen LogP contribution in [-0.4, -0.2) is 44.5 Å². The number of carbonyl (C=O) groups excluding carboxylic acids is 1. The SMILES string of the molecule is CCOc1cc(C=C2SC(=S)N(CCCC(=O)O)C2=O)cc(Br)c1O. The molecule has 1 aromatic carbocycles. The minimum absolute atomic E-state index is 0.000203. The van der Waals surface area contributed by atoms with Crippen LogP contribution in [0.15, 0.2) is 21.5 Å². The van der Waals surface area contributed by atoms with Crippen molar-refractivity contribution in [2.45, 2.75) is 19.8 Å². The lowest BCUT2D eigenvalue weighted by Crippen LogP contribution is -2.29. The monoisotopic (exact) mass is 445 g/mol. The normalized spacial score (nSPS) is 15.9. The van der Waals surface area contributed by atoms with E-state index in [2.05, 4.69) is 15.9 Å². The summed E-state index contributed by atoms with van der Waals surface area (Å²) in [5.74, 6) is -0.832. The van der Waals surface area contributed by atoms with Gasteiger partial charge >= 0.3 is 5.97 Å². The van der Waals surface area contributed by atoms with Crippen LogP contribution in [-0.2, 0) is 9.59 Å². The van der Waals surface area contributed by atoms with Gasteiger partial charge in [0.2, 0.25) is 0 Å². The van der Waals surface area contributed by atoms with Gasteiger partial charge in [0.05, 0.1) is 16.0 Å². The van der Waals surface area contributed by atoms with E-state index >= 15 is 0 Å². The Hall–Kier alpha value is -1.58. The number of ether oxygens (including phenoxy) is 1. The largest absolute Gasteiger partial charge is 0.503 e. The van der Waals surface area contributed by atoms with Gasteiger partial charge in [-0.25, -0.2) is 0 Å². The lowest BCUT2D eigenvalue weighted by Gasteiger charge is -2.13. The molecule has 1 aromatic rings. The second-order valence-electron chi connectivity index (χ2n) is 5.11. The Morgan fingerprint density at radius 2 is 2.20 bits per heavy atom. The summed E-state index contributed by atoms with van der Waals surface area (Å²) < 4.78 is 6.24. The highest BCUT2D eigenvalue weighted by Crippen LogP contribution is 2.38. The average molecular weight is 446 g/mol. The first-order chi connectivity index (χ1) is 11.8. The minimum Gasteiger partial charge on any atom is -0.503 e. The Morgan fingerprint density at radius 3 is 2.84 bits per heavy atom. The van der Waals surface area contributed by atoms with Crippen LogP contribution in [0.2, 0.25) is 0 Å². The van der Waals surface area contributed by atoms with Crippen molar-refractivity contribution in [2.75, 3.05) is 13.2 Å². The van der Waals surface area contributed by atoms with Crippen molar-refractivity contribution in [1.29, 1.82) is 0 Å². The molecule has 1 fully saturated rings. The van der Waals surface area contributed by atoms with Gasteiger partial charge in [-0.15, -0.1) is 0 Å². The third kappa shape index (κ3) is 4.96. The summed E-state index contributed by atoms with van der Waals surface area (Å²) in [5, 5.41) is 18.6. The third-order valence-electron chi connectivity index (χ3n) is 3.29. The number of amides is 1. The number of thioether (sulfide) groups is 1. The second-order valence-corrected chi connectivity index (χ2v) is 7.64. The van der Waals surface area contributed by atoms with E-state index in [9.17, 15) is 14.7 Å². The lowest BCUT2D eigenvalue weighted by molar-refractivity contribution is -0.137. The Morgan fingerprint density at radius 1 is 1.48 bits per heavy atom. The standard InChI is InChI=1S/C16H16BrNO5S2/c1-2-23-11-7-9(6-10(17)14(11)21)8-12-15(22)18(16(24)25-12)5-3-4-13(19)20/h6-8,21H,2-5H2,1H3,(H,19,20). The summed E-state index contributed by atoms with van der Waals surface area (Å²) in [5.41, 5.74) is 0.680. The van der Waals surface area contributed by atoms with Crippen LogP contribution < -0.4 is 4.74 Å². The maximum atomic E-state index is 12.5. The number of aliphatic carboxylic acids is 1. The number of hydrogen-bond acceptors (Lipinski definition) is 6. The number of aromatic hydroxyl groups is 1. The van der Waals surface area contributed by atoms with E-state index in [1.165, 1.54) is 16.7 Å². The van der Waals surface area contributed by atoms with Gasteiger partial charge < -0.3 is 14.9 Å². The van der Waals surface area contributed by atoms with E-state index in [0.717, 1.165) is 0 Å². The molecule has 0 spiro atoms. The van der Waals surface area contributed by atoms with Crippen molar-refractivity contribution < 1.29 is 24.5 Å². The molecular formula is C16H16BrNO5S2. The average Bonchev–Trinajstić information content (AvgIpc) is 2.79. The molecule has 2 rings (SSSR count). The topological polar surface area (TPSA) is 87.1 Å². The zero-order chi connectivity index (χ0) is 18.6. The molecule has 0 saturated carbocycles. The fourth-order valence-corrected chi connectivity index (χ4v) is 3.94. The third-order valence-corrected chi connectivity index (χ3v) is 5.28. The minimum atomic E-state index is -0.904.